The van der Waals surface area contributed by atoms with E-state index in [4.69, 9.17) is 10.00 Å². The lowest BCUT2D eigenvalue weighted by Crippen LogP contribution is -2.13. The molecular weight excluding hydrogens is 230 g/mol. The lowest BCUT2D eigenvalue weighted by molar-refractivity contribution is -0.115. The molecule has 17 heavy (non-hydrogen) atoms. The number of carbonyl (C=O) groups is 1. The lowest BCUT2D eigenvalue weighted by Gasteiger charge is -2.09. The van der Waals surface area contributed by atoms with E-state index in [1.807, 2.05) is 5.32 Å². The molecule has 1 amide bonds. The summed E-state index contributed by atoms with van der Waals surface area (Å²) in [5.74, 6) is -2.62. The highest BCUT2D eigenvalue weighted by Crippen LogP contribution is 2.25. The fraction of sp³-hybridized carbons (Fsp3) is 0.273. The summed E-state index contributed by atoms with van der Waals surface area (Å²) in [6.45, 7) is 1.96. The Balaban J connectivity index is 2.94. The molecule has 1 N–H and O–H groups in total. The van der Waals surface area contributed by atoms with E-state index < -0.39 is 29.6 Å². The van der Waals surface area contributed by atoms with E-state index >= 15 is 0 Å². The van der Waals surface area contributed by atoms with Gasteiger partial charge in [0, 0.05) is 12.1 Å². The predicted octanol–water partition coefficient (Wildman–Crippen LogP) is 2.22. The maximum absolute atomic E-state index is 13.4. The molecule has 4 nitrogen and oxygen atoms in total. The molecule has 1 aromatic rings. The van der Waals surface area contributed by atoms with Gasteiger partial charge >= 0.3 is 0 Å². The average molecular weight is 240 g/mol. The van der Waals surface area contributed by atoms with E-state index in [-0.39, 0.29) is 12.4 Å². The second-order valence-corrected chi connectivity index (χ2v) is 3.08. The second-order valence-electron chi connectivity index (χ2n) is 3.08. The van der Waals surface area contributed by atoms with Crippen LogP contribution < -0.4 is 10.1 Å². The van der Waals surface area contributed by atoms with Gasteiger partial charge in [-0.15, -0.1) is 0 Å². The van der Waals surface area contributed by atoms with Crippen molar-refractivity contribution in [3.05, 3.63) is 23.8 Å². The number of nitriles is 1. The standard InChI is InChI=1S/C11H10F2N2O2/c1-2-17-7-5-8(12)11(9(13)6-7)15-10(16)3-4-14/h5-6H,2-3H2,1H3,(H,15,16). The van der Waals surface area contributed by atoms with Gasteiger partial charge in [-0.05, 0) is 6.92 Å². The van der Waals surface area contributed by atoms with E-state index in [9.17, 15) is 13.6 Å². The predicted molar refractivity (Wildman–Crippen MR) is 56.4 cm³/mol. The SMILES string of the molecule is CCOc1cc(F)c(NC(=O)CC#N)c(F)c1. The number of ether oxygens (including phenoxy) is 1. The van der Waals surface area contributed by atoms with Gasteiger partial charge in [0.1, 0.15) is 17.9 Å². The summed E-state index contributed by atoms with van der Waals surface area (Å²) >= 11 is 0. The first-order valence-electron chi connectivity index (χ1n) is 4.87. The Morgan fingerprint density at radius 1 is 1.47 bits per heavy atom. The van der Waals surface area contributed by atoms with Gasteiger partial charge in [0.15, 0.2) is 11.6 Å². The molecule has 0 aliphatic rings. The number of nitrogens with one attached hydrogen (secondary N) is 1. The number of rotatable bonds is 4. The van der Waals surface area contributed by atoms with Crippen LogP contribution in [-0.4, -0.2) is 12.5 Å². The van der Waals surface area contributed by atoms with E-state index in [0.717, 1.165) is 12.1 Å². The summed E-state index contributed by atoms with van der Waals surface area (Å²) in [4.78, 5) is 11.0. The van der Waals surface area contributed by atoms with E-state index in [1.54, 1.807) is 13.0 Å². The molecule has 0 aromatic heterocycles. The normalized spacial score (nSPS) is 9.53. The van der Waals surface area contributed by atoms with Crippen LogP contribution in [0.1, 0.15) is 13.3 Å². The van der Waals surface area contributed by atoms with Crippen molar-refractivity contribution in [3.8, 4) is 11.8 Å². The molecule has 0 fully saturated rings. The van der Waals surface area contributed by atoms with Gasteiger partial charge in [0.05, 0.1) is 12.7 Å². The Bertz CT molecular complexity index is 446. The molecule has 0 saturated heterocycles. The summed E-state index contributed by atoms with van der Waals surface area (Å²) in [5.41, 5.74) is -0.575. The highest BCUT2D eigenvalue weighted by Gasteiger charge is 2.14. The summed E-state index contributed by atoms with van der Waals surface area (Å²) in [6, 6.07) is 3.51. The molecule has 0 spiro atoms. The van der Waals surface area contributed by atoms with Crippen molar-refractivity contribution in [2.75, 3.05) is 11.9 Å². The van der Waals surface area contributed by atoms with E-state index in [2.05, 4.69) is 0 Å². The van der Waals surface area contributed by atoms with Crippen molar-refractivity contribution in [2.45, 2.75) is 13.3 Å². The van der Waals surface area contributed by atoms with Crippen molar-refractivity contribution in [2.24, 2.45) is 0 Å². The average Bonchev–Trinajstić information content (AvgIpc) is 2.24. The molecular formula is C11H10F2N2O2. The molecule has 1 rings (SSSR count). The van der Waals surface area contributed by atoms with Crippen LogP contribution in [0.4, 0.5) is 14.5 Å². The highest BCUT2D eigenvalue weighted by atomic mass is 19.1. The molecule has 0 bridgehead atoms. The van der Waals surface area contributed by atoms with Crippen LogP contribution in [0, 0.1) is 23.0 Å². The number of amides is 1. The van der Waals surface area contributed by atoms with Crippen LogP contribution in [-0.2, 0) is 4.79 Å². The molecule has 90 valence electrons. The van der Waals surface area contributed by atoms with Gasteiger partial charge in [-0.2, -0.15) is 5.26 Å². The van der Waals surface area contributed by atoms with Crippen LogP contribution >= 0.6 is 0 Å². The van der Waals surface area contributed by atoms with Crippen LogP contribution in [0.3, 0.4) is 0 Å². The van der Waals surface area contributed by atoms with Crippen molar-refractivity contribution in [1.82, 2.24) is 0 Å². The maximum atomic E-state index is 13.4. The first-order chi connectivity index (χ1) is 8.08. The zero-order valence-electron chi connectivity index (χ0n) is 9.09. The second kappa shape index (κ2) is 5.80. The van der Waals surface area contributed by atoms with Gasteiger partial charge < -0.3 is 10.1 Å². The summed E-state index contributed by atoms with van der Waals surface area (Å²) < 4.78 is 31.8. The summed E-state index contributed by atoms with van der Waals surface area (Å²) in [5, 5.41) is 10.2. The number of hydrogen-bond donors (Lipinski definition) is 1. The number of nitrogens with zero attached hydrogens (tertiary/aromatic N) is 1. The van der Waals surface area contributed by atoms with Crippen molar-refractivity contribution < 1.29 is 18.3 Å². The largest absolute Gasteiger partial charge is 0.494 e. The number of carbonyl (C=O) groups excluding carboxylic acids is 1. The highest BCUT2D eigenvalue weighted by molar-refractivity contribution is 5.92. The molecule has 0 heterocycles. The first kappa shape index (κ1) is 12.9. The third-order valence-corrected chi connectivity index (χ3v) is 1.83. The first-order valence-corrected chi connectivity index (χ1v) is 4.87. The Morgan fingerprint density at radius 2 is 2.06 bits per heavy atom. The van der Waals surface area contributed by atoms with E-state index in [0.29, 0.717) is 0 Å². The molecule has 0 unspecified atom stereocenters. The van der Waals surface area contributed by atoms with Crippen molar-refractivity contribution in [1.29, 1.82) is 5.26 Å². The molecule has 0 radical (unpaired) electrons. The fourth-order valence-electron chi connectivity index (χ4n) is 1.17. The van der Waals surface area contributed by atoms with Gasteiger partial charge in [0.25, 0.3) is 0 Å². The monoisotopic (exact) mass is 240 g/mol. The van der Waals surface area contributed by atoms with Crippen LogP contribution in [0.2, 0.25) is 0 Å². The smallest absolute Gasteiger partial charge is 0.238 e. The molecule has 0 atom stereocenters. The molecule has 0 aliphatic heterocycles. The van der Waals surface area contributed by atoms with Crippen molar-refractivity contribution in [3.63, 3.8) is 0 Å². The van der Waals surface area contributed by atoms with Gasteiger partial charge in [-0.1, -0.05) is 0 Å². The van der Waals surface area contributed by atoms with Crippen LogP contribution in [0.15, 0.2) is 12.1 Å². The minimum absolute atomic E-state index is 0.0424. The topological polar surface area (TPSA) is 62.1 Å². The zero-order valence-corrected chi connectivity index (χ0v) is 9.09. The Kier molecular flexibility index (Phi) is 4.40. The Morgan fingerprint density at radius 3 is 2.53 bits per heavy atom. The number of halogens is 2. The molecule has 0 aliphatic carbocycles. The lowest BCUT2D eigenvalue weighted by atomic mass is 10.2. The maximum Gasteiger partial charge on any atom is 0.238 e. The summed E-state index contributed by atoms with van der Waals surface area (Å²) in [7, 11) is 0. The molecule has 6 heteroatoms. The number of benzene rings is 1. The van der Waals surface area contributed by atoms with Gasteiger partial charge in [-0.3, -0.25) is 4.79 Å². The van der Waals surface area contributed by atoms with Gasteiger partial charge in [0.2, 0.25) is 5.91 Å². The fourth-order valence-corrected chi connectivity index (χ4v) is 1.17. The quantitative estimate of drug-likeness (QED) is 0.877. The number of hydrogen-bond acceptors (Lipinski definition) is 3. The summed E-state index contributed by atoms with van der Waals surface area (Å²) in [6.07, 6.45) is -0.466. The third kappa shape index (κ3) is 3.41. The Hall–Kier alpha value is -2.16. The minimum atomic E-state index is -0.945. The van der Waals surface area contributed by atoms with Crippen molar-refractivity contribution >= 4 is 11.6 Å². The van der Waals surface area contributed by atoms with Crippen LogP contribution in [0.5, 0.6) is 5.75 Å². The third-order valence-electron chi connectivity index (χ3n) is 1.83. The number of anilines is 1. The molecule has 0 saturated carbocycles. The van der Waals surface area contributed by atoms with E-state index in [1.165, 1.54) is 0 Å². The van der Waals surface area contributed by atoms with Crippen LogP contribution in [0.25, 0.3) is 0 Å². The zero-order chi connectivity index (χ0) is 12.8. The minimum Gasteiger partial charge on any atom is -0.494 e. The molecule has 1 aromatic carbocycles. The van der Waals surface area contributed by atoms with Gasteiger partial charge in [-0.25, -0.2) is 8.78 Å². The Labute approximate surface area is 96.8 Å².